The molecule has 0 atom stereocenters. The van der Waals surface area contributed by atoms with Gasteiger partial charge >= 0.3 is 5.97 Å². The maximum Gasteiger partial charge on any atom is 0.346 e. The van der Waals surface area contributed by atoms with E-state index in [0.717, 1.165) is 41.1 Å². The molecule has 1 fully saturated rings. The van der Waals surface area contributed by atoms with Crippen LogP contribution in [0.3, 0.4) is 0 Å². The van der Waals surface area contributed by atoms with Crippen molar-refractivity contribution in [1.82, 2.24) is 10.1 Å². The van der Waals surface area contributed by atoms with Gasteiger partial charge in [0, 0.05) is 35.5 Å². The number of pyridine rings is 1. The number of hydrogen-bond acceptors (Lipinski definition) is 11. The number of anilines is 1. The first-order chi connectivity index (χ1) is 19.3. The number of carboxylic acids is 1. The molecule has 5 rings (SSSR count). The number of benzene rings is 1. The van der Waals surface area contributed by atoms with Gasteiger partial charge in [-0.15, -0.1) is 11.3 Å². The van der Waals surface area contributed by atoms with E-state index in [1.807, 2.05) is 24.3 Å². The van der Waals surface area contributed by atoms with Crippen LogP contribution in [-0.2, 0) is 11.3 Å². The number of aromatic nitrogens is 2. The molecular weight excluding hydrogens is 538 g/mol. The van der Waals surface area contributed by atoms with Gasteiger partial charge in [0.25, 0.3) is 5.69 Å². The molecule has 1 aliphatic heterocycles. The van der Waals surface area contributed by atoms with Gasteiger partial charge in [-0.3, -0.25) is 10.1 Å². The number of carboxylic acid groups (broad SMARTS) is 1. The monoisotopic (exact) mass is 561 g/mol. The highest BCUT2D eigenvalue weighted by Gasteiger charge is 2.27. The van der Waals surface area contributed by atoms with Crippen LogP contribution < -0.4 is 9.64 Å². The van der Waals surface area contributed by atoms with Crippen LogP contribution in [0.4, 0.5) is 11.4 Å². The number of morpholine rings is 1. The van der Waals surface area contributed by atoms with E-state index in [2.05, 4.69) is 21.1 Å². The Labute approximate surface area is 232 Å². The minimum atomic E-state index is -1.31. The van der Waals surface area contributed by atoms with Gasteiger partial charge < -0.3 is 24.0 Å². The molecule has 0 aliphatic carbocycles. The van der Waals surface area contributed by atoms with Crippen LogP contribution in [0.15, 0.2) is 40.2 Å². The van der Waals surface area contributed by atoms with Crippen molar-refractivity contribution >= 4 is 28.7 Å². The molecule has 1 aliphatic rings. The van der Waals surface area contributed by atoms with Gasteiger partial charge in [-0.05, 0) is 32.0 Å². The van der Waals surface area contributed by atoms with Crippen molar-refractivity contribution in [3.8, 4) is 34.3 Å². The van der Waals surface area contributed by atoms with Crippen LogP contribution >= 0.6 is 11.3 Å². The minimum Gasteiger partial charge on any atom is -0.477 e. The van der Waals surface area contributed by atoms with E-state index >= 15 is 0 Å². The third kappa shape index (κ3) is 5.09. The second-order valence-corrected chi connectivity index (χ2v) is 9.85. The molecule has 12 nitrogen and oxygen atoms in total. The largest absolute Gasteiger partial charge is 0.477 e. The van der Waals surface area contributed by atoms with Crippen molar-refractivity contribution in [2.75, 3.05) is 31.2 Å². The molecule has 0 radical (unpaired) electrons. The lowest BCUT2D eigenvalue weighted by Crippen LogP contribution is -2.36. The smallest absolute Gasteiger partial charge is 0.346 e. The zero-order chi connectivity index (χ0) is 28.4. The summed E-state index contributed by atoms with van der Waals surface area (Å²) < 4.78 is 16.7. The summed E-state index contributed by atoms with van der Waals surface area (Å²) in [5.41, 5.74) is 3.47. The summed E-state index contributed by atoms with van der Waals surface area (Å²) in [6.45, 7) is 5.90. The number of nitrogens with zero attached hydrogens (tertiary/aromatic N) is 5. The second kappa shape index (κ2) is 11.1. The number of nitriles is 1. The van der Waals surface area contributed by atoms with Crippen LogP contribution in [0.5, 0.6) is 5.88 Å². The second-order valence-electron chi connectivity index (χ2n) is 8.97. The summed E-state index contributed by atoms with van der Waals surface area (Å²) in [7, 11) is 0. The van der Waals surface area contributed by atoms with Crippen LogP contribution in [0.25, 0.3) is 22.4 Å². The third-order valence-corrected chi connectivity index (χ3v) is 7.55. The Kier molecular flexibility index (Phi) is 7.45. The lowest BCUT2D eigenvalue weighted by atomic mass is 9.97. The number of thiophene rings is 1. The van der Waals surface area contributed by atoms with Gasteiger partial charge in [0.05, 0.1) is 40.5 Å². The molecule has 1 N–H and O–H groups in total. The average Bonchev–Trinajstić information content (AvgIpc) is 3.54. The normalized spacial score (nSPS) is 13.2. The standard InChI is InChI=1S/C27H23N5O7S/c1-15-24(16(2)39-30-15)19-11-22(17-3-5-18(6-4-17)31-7-9-37-10-8-31)29-26(20(19)12-28)38-13-21-23(32(35)36)14-40-25(21)27(33)34/h3-6,11,14H,7-10,13H2,1-2H3,(H,33,34). The molecule has 4 aromatic rings. The molecule has 0 amide bonds. The van der Waals surface area contributed by atoms with E-state index < -0.39 is 17.5 Å². The van der Waals surface area contributed by atoms with Gasteiger partial charge in [-0.1, -0.05) is 17.3 Å². The first-order valence-electron chi connectivity index (χ1n) is 12.2. The molecule has 40 heavy (non-hydrogen) atoms. The highest BCUT2D eigenvalue weighted by molar-refractivity contribution is 7.12. The molecule has 4 heterocycles. The lowest BCUT2D eigenvalue weighted by molar-refractivity contribution is -0.385. The fraction of sp³-hybridized carbons (Fsp3) is 0.259. The number of ether oxygens (including phenoxy) is 2. The molecule has 1 saturated heterocycles. The molecule has 13 heteroatoms. The van der Waals surface area contributed by atoms with Crippen LogP contribution in [-0.4, -0.2) is 52.4 Å². The number of rotatable bonds is 8. The van der Waals surface area contributed by atoms with E-state index in [0.29, 0.717) is 41.5 Å². The Bertz CT molecular complexity index is 1580. The Balaban J connectivity index is 1.59. The maximum atomic E-state index is 11.7. The van der Waals surface area contributed by atoms with Crippen LogP contribution in [0.1, 0.15) is 32.3 Å². The number of aryl methyl sites for hydroxylation is 2. The summed E-state index contributed by atoms with van der Waals surface area (Å²) in [4.78, 5) is 29.1. The van der Waals surface area contributed by atoms with Gasteiger partial charge in [0.2, 0.25) is 5.88 Å². The fourth-order valence-corrected chi connectivity index (χ4v) is 5.46. The molecule has 0 spiro atoms. The summed E-state index contributed by atoms with van der Waals surface area (Å²) in [5.74, 6) is -0.916. The highest BCUT2D eigenvalue weighted by Crippen LogP contribution is 2.38. The Morgan fingerprint density at radius 1 is 1.27 bits per heavy atom. The third-order valence-electron chi connectivity index (χ3n) is 6.56. The topological polar surface area (TPSA) is 165 Å². The van der Waals surface area contributed by atoms with Crippen LogP contribution in [0, 0.1) is 35.3 Å². The van der Waals surface area contributed by atoms with E-state index in [4.69, 9.17) is 14.0 Å². The minimum absolute atomic E-state index is 0.0674. The Morgan fingerprint density at radius 2 is 2.00 bits per heavy atom. The van der Waals surface area contributed by atoms with Gasteiger partial charge in [-0.2, -0.15) is 5.26 Å². The number of aromatic carboxylic acids is 1. The maximum absolute atomic E-state index is 11.7. The predicted octanol–water partition coefficient (Wildman–Crippen LogP) is 4.98. The summed E-state index contributed by atoms with van der Waals surface area (Å²) in [5, 5.41) is 36.4. The van der Waals surface area contributed by atoms with E-state index in [9.17, 15) is 25.3 Å². The molecule has 204 valence electrons. The average molecular weight is 562 g/mol. The van der Waals surface area contributed by atoms with Gasteiger partial charge in [0.1, 0.15) is 28.9 Å². The highest BCUT2D eigenvalue weighted by atomic mass is 32.1. The van der Waals surface area contributed by atoms with Crippen molar-refractivity contribution in [1.29, 1.82) is 5.26 Å². The predicted molar refractivity (Wildman–Crippen MR) is 145 cm³/mol. The molecule has 0 saturated carbocycles. The molecule has 0 unspecified atom stereocenters. The van der Waals surface area contributed by atoms with Gasteiger partial charge in [-0.25, -0.2) is 9.78 Å². The van der Waals surface area contributed by atoms with E-state index in [1.54, 1.807) is 19.9 Å². The number of nitro groups is 1. The summed E-state index contributed by atoms with van der Waals surface area (Å²) in [6.07, 6.45) is 0. The fourth-order valence-electron chi connectivity index (χ4n) is 4.60. The van der Waals surface area contributed by atoms with Crippen molar-refractivity contribution in [2.45, 2.75) is 20.5 Å². The van der Waals surface area contributed by atoms with Crippen molar-refractivity contribution in [3.05, 3.63) is 73.3 Å². The Morgan fingerprint density at radius 3 is 2.60 bits per heavy atom. The number of hydrogen-bond donors (Lipinski definition) is 1. The van der Waals surface area contributed by atoms with Gasteiger partial charge in [0.15, 0.2) is 0 Å². The summed E-state index contributed by atoms with van der Waals surface area (Å²) >= 11 is 0.737. The zero-order valence-electron chi connectivity index (χ0n) is 21.5. The first kappa shape index (κ1) is 26.8. The molecule has 0 bridgehead atoms. The zero-order valence-corrected chi connectivity index (χ0v) is 22.4. The number of carbonyl (C=O) groups is 1. The Hall–Kier alpha value is -4.80. The quantitative estimate of drug-likeness (QED) is 0.228. The van der Waals surface area contributed by atoms with Crippen molar-refractivity contribution in [2.24, 2.45) is 0 Å². The lowest BCUT2D eigenvalue weighted by Gasteiger charge is -2.28. The molecule has 3 aromatic heterocycles. The first-order valence-corrected chi connectivity index (χ1v) is 13.1. The van der Waals surface area contributed by atoms with Crippen molar-refractivity contribution in [3.63, 3.8) is 0 Å². The van der Waals surface area contributed by atoms with E-state index in [-0.39, 0.29) is 27.6 Å². The summed E-state index contributed by atoms with van der Waals surface area (Å²) in [6, 6.07) is 11.6. The van der Waals surface area contributed by atoms with Crippen molar-refractivity contribution < 1.29 is 28.8 Å². The molecular formula is C27H23N5O7S. The SMILES string of the molecule is Cc1noc(C)c1-c1cc(-c2ccc(N3CCOCC3)cc2)nc(OCc2c([N+](=O)[O-])csc2C(=O)O)c1C#N. The van der Waals surface area contributed by atoms with Crippen LogP contribution in [0.2, 0.25) is 0 Å². The van der Waals surface area contributed by atoms with E-state index in [1.165, 1.54) is 0 Å². The molecule has 1 aromatic carbocycles.